The van der Waals surface area contributed by atoms with E-state index in [1.807, 2.05) is 42.5 Å². The third kappa shape index (κ3) is 1.89. The van der Waals surface area contributed by atoms with Gasteiger partial charge in [-0.05, 0) is 17.7 Å². The summed E-state index contributed by atoms with van der Waals surface area (Å²) in [6.45, 7) is 0. The van der Waals surface area contributed by atoms with Crippen LogP contribution in [0, 0.1) is 0 Å². The topological polar surface area (TPSA) is 43.1 Å². The van der Waals surface area contributed by atoms with Gasteiger partial charge < -0.3 is 5.73 Å². The van der Waals surface area contributed by atoms with Crippen molar-refractivity contribution in [3.8, 4) is 11.1 Å². The van der Waals surface area contributed by atoms with Gasteiger partial charge in [0.25, 0.3) is 0 Å². The number of nitrogens with two attached hydrogens (primary N) is 1. The summed E-state index contributed by atoms with van der Waals surface area (Å²) in [5.41, 5.74) is 9.17. The molecule has 0 aliphatic carbocycles. The summed E-state index contributed by atoms with van der Waals surface area (Å²) in [5, 5.41) is 0. The van der Waals surface area contributed by atoms with Crippen molar-refractivity contribution in [2.45, 2.75) is 0 Å². The van der Waals surface area contributed by atoms with Crippen molar-refractivity contribution >= 4 is 12.0 Å². The van der Waals surface area contributed by atoms with Crippen LogP contribution in [0.4, 0.5) is 5.69 Å². The number of anilines is 1. The zero-order valence-corrected chi connectivity index (χ0v) is 8.18. The van der Waals surface area contributed by atoms with Crippen molar-refractivity contribution in [3.63, 3.8) is 0 Å². The predicted molar refractivity (Wildman–Crippen MR) is 61.7 cm³/mol. The zero-order chi connectivity index (χ0) is 10.7. The zero-order valence-electron chi connectivity index (χ0n) is 8.18. The number of benzene rings is 2. The molecule has 0 amide bonds. The molecule has 2 N–H and O–H groups in total. The first kappa shape index (κ1) is 9.46. The first-order valence-corrected chi connectivity index (χ1v) is 4.71. The molecule has 0 aliphatic heterocycles. The highest BCUT2D eigenvalue weighted by molar-refractivity contribution is 5.82. The second kappa shape index (κ2) is 3.96. The maximum Gasteiger partial charge on any atom is 0.150 e. The van der Waals surface area contributed by atoms with Crippen molar-refractivity contribution in [3.05, 3.63) is 54.1 Å². The molecular weight excluding hydrogens is 186 g/mol. The highest BCUT2D eigenvalue weighted by atomic mass is 16.1. The Labute approximate surface area is 88.4 Å². The smallest absolute Gasteiger partial charge is 0.150 e. The van der Waals surface area contributed by atoms with Gasteiger partial charge in [-0.25, -0.2) is 0 Å². The monoisotopic (exact) mass is 197 g/mol. The summed E-state index contributed by atoms with van der Waals surface area (Å²) in [7, 11) is 0. The first-order chi connectivity index (χ1) is 7.31. The molecular formula is C13H11NO. The molecule has 0 aliphatic rings. The molecule has 0 saturated carbocycles. The molecule has 74 valence electrons. The Morgan fingerprint density at radius 1 is 1.00 bits per heavy atom. The summed E-state index contributed by atoms with van der Waals surface area (Å²) in [6.07, 6.45) is 0.836. The first-order valence-electron chi connectivity index (χ1n) is 4.71. The third-order valence-electron chi connectivity index (χ3n) is 2.29. The Balaban J connectivity index is 2.54. The average molecular weight is 197 g/mol. The van der Waals surface area contributed by atoms with Crippen LogP contribution in [0.3, 0.4) is 0 Å². The van der Waals surface area contributed by atoms with Crippen molar-refractivity contribution in [2.24, 2.45) is 0 Å². The molecule has 0 radical (unpaired) electrons. The van der Waals surface area contributed by atoms with Crippen LogP contribution < -0.4 is 5.73 Å². The van der Waals surface area contributed by atoms with E-state index in [9.17, 15) is 4.79 Å². The van der Waals surface area contributed by atoms with Crippen molar-refractivity contribution in [1.82, 2.24) is 0 Å². The van der Waals surface area contributed by atoms with Gasteiger partial charge in [0.15, 0.2) is 0 Å². The van der Waals surface area contributed by atoms with Crippen LogP contribution in [0.25, 0.3) is 11.1 Å². The molecule has 0 saturated heterocycles. The van der Waals surface area contributed by atoms with Gasteiger partial charge in [-0.15, -0.1) is 0 Å². The van der Waals surface area contributed by atoms with E-state index in [0.717, 1.165) is 23.1 Å². The Kier molecular flexibility index (Phi) is 2.50. The number of hydrogen-bond donors (Lipinski definition) is 1. The van der Waals surface area contributed by atoms with Gasteiger partial charge >= 0.3 is 0 Å². The summed E-state index contributed by atoms with van der Waals surface area (Å²) in [6, 6.07) is 15.0. The number of carbonyl (C=O) groups is 1. The van der Waals surface area contributed by atoms with Gasteiger partial charge in [0.2, 0.25) is 0 Å². The molecule has 0 bridgehead atoms. The Bertz CT molecular complexity index is 491. The van der Waals surface area contributed by atoms with Gasteiger partial charge in [0, 0.05) is 16.8 Å². The van der Waals surface area contributed by atoms with Gasteiger partial charge in [0.05, 0.1) is 0 Å². The van der Waals surface area contributed by atoms with E-state index in [2.05, 4.69) is 0 Å². The summed E-state index contributed by atoms with van der Waals surface area (Å²) in [4.78, 5) is 10.6. The molecule has 2 aromatic rings. The Morgan fingerprint density at radius 2 is 1.80 bits per heavy atom. The van der Waals surface area contributed by atoms with Crippen LogP contribution in [-0.2, 0) is 0 Å². The van der Waals surface area contributed by atoms with Crippen LogP contribution in [0.5, 0.6) is 0 Å². The molecule has 0 aromatic heterocycles. The molecule has 2 aromatic carbocycles. The Hall–Kier alpha value is -2.09. The molecule has 0 heterocycles. The van der Waals surface area contributed by atoms with Crippen LogP contribution in [0.2, 0.25) is 0 Å². The van der Waals surface area contributed by atoms with E-state index < -0.39 is 0 Å². The number of nitrogen functional groups attached to an aromatic ring is 1. The minimum atomic E-state index is 0.663. The second-order valence-electron chi connectivity index (χ2n) is 3.33. The van der Waals surface area contributed by atoms with Crippen LogP contribution in [0.15, 0.2) is 48.5 Å². The maximum atomic E-state index is 10.6. The van der Waals surface area contributed by atoms with E-state index in [-0.39, 0.29) is 0 Å². The van der Waals surface area contributed by atoms with Crippen molar-refractivity contribution < 1.29 is 4.79 Å². The molecule has 2 heteroatoms. The molecule has 0 spiro atoms. The number of para-hydroxylation sites is 1. The van der Waals surface area contributed by atoms with E-state index in [1.54, 1.807) is 6.07 Å². The van der Waals surface area contributed by atoms with Crippen LogP contribution in [-0.4, -0.2) is 6.29 Å². The lowest BCUT2D eigenvalue weighted by Crippen LogP contribution is -1.89. The lowest BCUT2D eigenvalue weighted by atomic mass is 10.0. The predicted octanol–water partition coefficient (Wildman–Crippen LogP) is 2.75. The van der Waals surface area contributed by atoms with Gasteiger partial charge in [-0.1, -0.05) is 36.4 Å². The van der Waals surface area contributed by atoms with E-state index in [4.69, 9.17) is 5.73 Å². The fourth-order valence-electron chi connectivity index (χ4n) is 1.54. The molecule has 2 rings (SSSR count). The van der Waals surface area contributed by atoms with Crippen molar-refractivity contribution in [1.29, 1.82) is 0 Å². The fourth-order valence-corrected chi connectivity index (χ4v) is 1.54. The highest BCUT2D eigenvalue weighted by Gasteiger charge is 2.01. The van der Waals surface area contributed by atoms with Crippen LogP contribution in [0.1, 0.15) is 10.4 Å². The summed E-state index contributed by atoms with van der Waals surface area (Å²) in [5.74, 6) is 0. The lowest BCUT2D eigenvalue weighted by Gasteiger charge is -2.05. The van der Waals surface area contributed by atoms with Crippen molar-refractivity contribution in [2.75, 3.05) is 5.73 Å². The van der Waals surface area contributed by atoms with Crippen LogP contribution >= 0.6 is 0 Å². The van der Waals surface area contributed by atoms with E-state index in [0.29, 0.717) is 5.56 Å². The molecule has 2 nitrogen and oxygen atoms in total. The van der Waals surface area contributed by atoms with Gasteiger partial charge in [-0.2, -0.15) is 0 Å². The molecule has 0 atom stereocenters. The molecule has 0 unspecified atom stereocenters. The maximum absolute atomic E-state index is 10.6. The molecule has 0 fully saturated rings. The number of carbonyl (C=O) groups excluding carboxylic acids is 1. The summed E-state index contributed by atoms with van der Waals surface area (Å²) < 4.78 is 0. The highest BCUT2D eigenvalue weighted by Crippen LogP contribution is 2.25. The molecule has 15 heavy (non-hydrogen) atoms. The largest absolute Gasteiger partial charge is 0.398 e. The summed E-state index contributed by atoms with van der Waals surface area (Å²) >= 11 is 0. The number of rotatable bonds is 2. The van der Waals surface area contributed by atoms with E-state index >= 15 is 0 Å². The second-order valence-corrected chi connectivity index (χ2v) is 3.33. The normalized spacial score (nSPS) is 9.87. The number of aldehydes is 1. The van der Waals surface area contributed by atoms with E-state index in [1.165, 1.54) is 0 Å². The quantitative estimate of drug-likeness (QED) is 0.594. The fraction of sp³-hybridized carbons (Fsp3) is 0. The van der Waals surface area contributed by atoms with Gasteiger partial charge in [0.1, 0.15) is 6.29 Å². The minimum absolute atomic E-state index is 0.663. The third-order valence-corrected chi connectivity index (χ3v) is 2.29. The average Bonchev–Trinajstić information content (AvgIpc) is 2.30. The number of hydrogen-bond acceptors (Lipinski definition) is 2. The lowest BCUT2D eigenvalue weighted by molar-refractivity contribution is 0.112. The standard InChI is InChI=1S/C13H11NO/c14-13-7-2-1-6-12(13)11-5-3-4-10(8-11)9-15/h1-9H,14H2. The SMILES string of the molecule is Nc1ccccc1-c1cccc(C=O)c1. The van der Waals surface area contributed by atoms with Gasteiger partial charge in [-0.3, -0.25) is 4.79 Å². The Morgan fingerprint density at radius 3 is 2.53 bits per heavy atom. The minimum Gasteiger partial charge on any atom is -0.398 e.